The van der Waals surface area contributed by atoms with Gasteiger partial charge in [0.05, 0.1) is 11.9 Å². The summed E-state index contributed by atoms with van der Waals surface area (Å²) in [4.78, 5) is 31.7. The Bertz CT molecular complexity index is 1230. The molecule has 0 saturated carbocycles. The maximum atomic E-state index is 13.2. The highest BCUT2D eigenvalue weighted by molar-refractivity contribution is 7.17. The first kappa shape index (κ1) is 18.8. The van der Waals surface area contributed by atoms with E-state index in [-0.39, 0.29) is 17.3 Å². The van der Waals surface area contributed by atoms with Crippen molar-refractivity contribution in [3.05, 3.63) is 75.9 Å². The highest BCUT2D eigenvalue weighted by Gasteiger charge is 2.13. The van der Waals surface area contributed by atoms with Gasteiger partial charge in [-0.05, 0) is 42.0 Å². The summed E-state index contributed by atoms with van der Waals surface area (Å²) >= 11 is 1.38. The van der Waals surface area contributed by atoms with E-state index in [9.17, 15) is 14.0 Å². The highest BCUT2D eigenvalue weighted by Crippen LogP contribution is 2.30. The number of amides is 1. The minimum Gasteiger partial charge on any atom is -0.378 e. The van der Waals surface area contributed by atoms with E-state index in [1.54, 1.807) is 24.3 Å². The molecule has 2 heterocycles. The fourth-order valence-corrected chi connectivity index (χ4v) is 3.95. The largest absolute Gasteiger partial charge is 0.378 e. The van der Waals surface area contributed by atoms with Gasteiger partial charge >= 0.3 is 0 Å². The monoisotopic (exact) mass is 408 g/mol. The molecular formula is C21H17FN4O2S. The van der Waals surface area contributed by atoms with Crippen LogP contribution in [0.4, 0.5) is 15.8 Å². The molecule has 8 heteroatoms. The van der Waals surface area contributed by atoms with Gasteiger partial charge in [0.1, 0.15) is 16.5 Å². The van der Waals surface area contributed by atoms with Crippen LogP contribution in [0, 0.1) is 5.82 Å². The minimum absolute atomic E-state index is 0.128. The molecule has 0 aliphatic heterocycles. The first-order valence-corrected chi connectivity index (χ1v) is 9.75. The normalized spacial score (nSPS) is 10.8. The van der Waals surface area contributed by atoms with Gasteiger partial charge in [-0.2, -0.15) is 0 Å². The second kappa shape index (κ2) is 7.84. The number of carbonyl (C=O) groups is 1. The number of H-pyrrole nitrogens is 1. The molecule has 3 N–H and O–H groups in total. The molecule has 29 heavy (non-hydrogen) atoms. The van der Waals surface area contributed by atoms with Gasteiger partial charge in [0.15, 0.2) is 0 Å². The Hall–Kier alpha value is -3.52. The summed E-state index contributed by atoms with van der Waals surface area (Å²) in [7, 11) is 0. The Morgan fingerprint density at radius 1 is 1.10 bits per heavy atom. The first-order chi connectivity index (χ1) is 14.0. The molecule has 6 nitrogen and oxygen atoms in total. The van der Waals surface area contributed by atoms with Crippen molar-refractivity contribution in [3.8, 4) is 11.1 Å². The van der Waals surface area contributed by atoms with E-state index in [0.29, 0.717) is 28.3 Å². The number of hydrogen-bond acceptors (Lipinski definition) is 5. The van der Waals surface area contributed by atoms with Crippen molar-refractivity contribution in [3.63, 3.8) is 0 Å². The lowest BCUT2D eigenvalue weighted by Crippen LogP contribution is -2.14. The van der Waals surface area contributed by atoms with Gasteiger partial charge in [-0.1, -0.05) is 12.1 Å². The zero-order chi connectivity index (χ0) is 20.4. The summed E-state index contributed by atoms with van der Waals surface area (Å²) < 4.78 is 13.2. The number of nitrogens with one attached hydrogen (secondary N) is 3. The van der Waals surface area contributed by atoms with Crippen molar-refractivity contribution in [1.82, 2.24) is 9.97 Å². The molecule has 0 unspecified atom stereocenters. The second-order valence-electron chi connectivity index (χ2n) is 6.46. The van der Waals surface area contributed by atoms with Crippen molar-refractivity contribution < 1.29 is 9.18 Å². The molecule has 0 radical (unpaired) electrons. The van der Waals surface area contributed by atoms with Crippen LogP contribution in [-0.2, 0) is 11.3 Å². The summed E-state index contributed by atoms with van der Waals surface area (Å²) in [5.41, 5.74) is 2.83. The van der Waals surface area contributed by atoms with Crippen LogP contribution in [0.1, 0.15) is 12.7 Å². The molecule has 2 aromatic heterocycles. The summed E-state index contributed by atoms with van der Waals surface area (Å²) in [6.45, 7) is 1.80. The third-order valence-corrected chi connectivity index (χ3v) is 5.19. The minimum atomic E-state index is -0.321. The standard InChI is InChI=1S/C21H17FN4O2S/c1-12(27)24-16-8-6-15(7-9-16)23-10-18-25-20(28)19-17(11-29-21(19)26-18)13-2-4-14(22)5-3-13/h2-9,11,23H,10H2,1H3,(H,24,27)(H,25,26,28). The van der Waals surface area contributed by atoms with Crippen LogP contribution in [0.2, 0.25) is 0 Å². The summed E-state index contributed by atoms with van der Waals surface area (Å²) in [5, 5.41) is 8.27. The van der Waals surface area contributed by atoms with Gasteiger partial charge in [-0.3, -0.25) is 9.59 Å². The highest BCUT2D eigenvalue weighted by atomic mass is 32.1. The van der Waals surface area contributed by atoms with Crippen molar-refractivity contribution in [2.24, 2.45) is 0 Å². The van der Waals surface area contributed by atoms with Gasteiger partial charge in [0.25, 0.3) is 5.56 Å². The molecule has 146 valence electrons. The van der Waals surface area contributed by atoms with E-state index in [1.165, 1.54) is 30.4 Å². The predicted molar refractivity (Wildman–Crippen MR) is 114 cm³/mol. The van der Waals surface area contributed by atoms with Crippen molar-refractivity contribution in [2.45, 2.75) is 13.5 Å². The lowest BCUT2D eigenvalue weighted by Gasteiger charge is -2.08. The van der Waals surface area contributed by atoms with E-state index in [0.717, 1.165) is 16.8 Å². The van der Waals surface area contributed by atoms with Gasteiger partial charge < -0.3 is 15.6 Å². The molecule has 0 aliphatic carbocycles. The van der Waals surface area contributed by atoms with Crippen molar-refractivity contribution in [2.75, 3.05) is 10.6 Å². The lowest BCUT2D eigenvalue weighted by atomic mass is 10.1. The number of nitrogens with zero attached hydrogens (tertiary/aromatic N) is 1. The topological polar surface area (TPSA) is 86.9 Å². The smallest absolute Gasteiger partial charge is 0.260 e. The zero-order valence-corrected chi connectivity index (χ0v) is 16.3. The number of aromatic nitrogens is 2. The van der Waals surface area contributed by atoms with Crippen LogP contribution in [0.15, 0.2) is 58.7 Å². The van der Waals surface area contributed by atoms with Gasteiger partial charge in [-0.25, -0.2) is 9.37 Å². The predicted octanol–water partition coefficient (Wildman–Crippen LogP) is 4.36. The van der Waals surface area contributed by atoms with Gasteiger partial charge in [0.2, 0.25) is 5.91 Å². The molecule has 0 bridgehead atoms. The number of aromatic amines is 1. The molecule has 4 aromatic rings. The molecule has 0 saturated heterocycles. The zero-order valence-electron chi connectivity index (χ0n) is 15.5. The summed E-state index contributed by atoms with van der Waals surface area (Å²) in [6.07, 6.45) is 0. The molecule has 4 rings (SSSR count). The number of carbonyl (C=O) groups excluding carboxylic acids is 1. The third kappa shape index (κ3) is 4.17. The number of halogens is 1. The van der Waals surface area contributed by atoms with Gasteiger partial charge in [-0.15, -0.1) is 11.3 Å². The Balaban J connectivity index is 1.54. The van der Waals surface area contributed by atoms with E-state index >= 15 is 0 Å². The average Bonchev–Trinajstić information content (AvgIpc) is 3.12. The molecule has 0 aliphatic rings. The van der Waals surface area contributed by atoms with Crippen LogP contribution in [-0.4, -0.2) is 15.9 Å². The molecule has 1 amide bonds. The molecule has 0 spiro atoms. The van der Waals surface area contributed by atoms with E-state index < -0.39 is 0 Å². The fraction of sp³-hybridized carbons (Fsp3) is 0.0952. The van der Waals surface area contributed by atoms with Crippen LogP contribution in [0.25, 0.3) is 21.3 Å². The second-order valence-corrected chi connectivity index (χ2v) is 7.32. The number of anilines is 2. The Kier molecular flexibility index (Phi) is 5.09. The first-order valence-electron chi connectivity index (χ1n) is 8.87. The van der Waals surface area contributed by atoms with E-state index in [4.69, 9.17) is 0 Å². The molecule has 0 fully saturated rings. The Labute approximate surface area is 169 Å². The van der Waals surface area contributed by atoms with Gasteiger partial charge in [0, 0.05) is 29.2 Å². The quantitative estimate of drug-likeness (QED) is 0.458. The van der Waals surface area contributed by atoms with E-state index in [1.807, 2.05) is 17.5 Å². The fourth-order valence-electron chi connectivity index (χ4n) is 2.98. The average molecular weight is 408 g/mol. The van der Waals surface area contributed by atoms with Crippen LogP contribution >= 0.6 is 11.3 Å². The summed E-state index contributed by atoms with van der Waals surface area (Å²) in [5.74, 6) is 0.0662. The van der Waals surface area contributed by atoms with Crippen LogP contribution < -0.4 is 16.2 Å². The van der Waals surface area contributed by atoms with Crippen LogP contribution in [0.5, 0.6) is 0 Å². The maximum Gasteiger partial charge on any atom is 0.260 e. The number of hydrogen-bond donors (Lipinski definition) is 3. The number of benzene rings is 2. The molecular weight excluding hydrogens is 391 g/mol. The van der Waals surface area contributed by atoms with Crippen molar-refractivity contribution >= 4 is 38.8 Å². The molecule has 2 aromatic carbocycles. The van der Waals surface area contributed by atoms with E-state index in [2.05, 4.69) is 20.6 Å². The van der Waals surface area contributed by atoms with Crippen molar-refractivity contribution in [1.29, 1.82) is 0 Å². The summed E-state index contributed by atoms with van der Waals surface area (Å²) in [6, 6.07) is 13.3. The maximum absolute atomic E-state index is 13.2. The van der Waals surface area contributed by atoms with Crippen LogP contribution in [0.3, 0.4) is 0 Å². The molecule has 0 atom stereocenters. The number of rotatable bonds is 5. The number of thiophene rings is 1. The number of fused-ring (bicyclic) bond motifs is 1. The Morgan fingerprint density at radius 2 is 1.79 bits per heavy atom. The SMILES string of the molecule is CC(=O)Nc1ccc(NCc2nc3scc(-c4ccc(F)cc4)c3c(=O)[nH]2)cc1. The lowest BCUT2D eigenvalue weighted by molar-refractivity contribution is -0.114. The Morgan fingerprint density at radius 3 is 2.48 bits per heavy atom. The third-order valence-electron chi connectivity index (χ3n) is 4.31.